The summed E-state index contributed by atoms with van der Waals surface area (Å²) < 4.78 is 19.3. The minimum atomic E-state index is -2.67. The predicted octanol–water partition coefficient (Wildman–Crippen LogP) is 6.57. The Morgan fingerprint density at radius 1 is 0.852 bits per heavy atom. The van der Waals surface area contributed by atoms with Gasteiger partial charge in [0.1, 0.15) is 9.84 Å². The van der Waals surface area contributed by atoms with Crippen molar-refractivity contribution in [2.75, 3.05) is 12.5 Å². The van der Waals surface area contributed by atoms with Gasteiger partial charge in [0.2, 0.25) is 0 Å². The average molecular weight is 391 g/mol. The summed E-state index contributed by atoms with van der Waals surface area (Å²) in [6, 6.07) is 17.8. The molecule has 2 aromatic rings. The molecule has 0 aliphatic rings. The zero-order chi connectivity index (χ0) is 20.3. The molecule has 0 bridgehead atoms. The molecule has 2 nitrogen and oxygen atoms in total. The van der Waals surface area contributed by atoms with E-state index in [2.05, 4.69) is 69.3 Å². The van der Waals surface area contributed by atoms with Crippen LogP contribution < -0.4 is 0 Å². The van der Waals surface area contributed by atoms with Crippen LogP contribution in [0.3, 0.4) is 0 Å². The first-order valence-corrected chi connectivity index (χ1v) is 12.3. The summed E-state index contributed by atoms with van der Waals surface area (Å²) in [6.07, 6.45) is 10.3. The second-order valence-electron chi connectivity index (χ2n) is 7.58. The molecule has 3 heteroatoms. The Morgan fingerprint density at radius 3 is 1.96 bits per heavy atom. The normalized spacial score (nSPS) is 12.2. The summed E-state index contributed by atoms with van der Waals surface area (Å²) in [5.74, 6) is 0.480. The van der Waals surface area contributed by atoms with Crippen molar-refractivity contribution < 1.29 is 9.84 Å². The molecule has 152 valence electrons. The molecule has 2 aromatic carbocycles. The highest BCUT2D eigenvalue weighted by molar-refractivity contribution is 7.89. The van der Waals surface area contributed by atoms with Crippen LogP contribution in [0.2, 0.25) is 0 Å². The second kappa shape index (κ2) is 12.0. The van der Waals surface area contributed by atoms with E-state index in [-0.39, 0.29) is 1.43 Å². The lowest BCUT2D eigenvalue weighted by Gasteiger charge is -2.19. The summed E-state index contributed by atoms with van der Waals surface area (Å²) in [6.45, 7) is 6.84. The van der Waals surface area contributed by atoms with Gasteiger partial charge in [-0.2, -0.15) is 0 Å². The number of aryl methyl sites for hydroxylation is 2. The topological polar surface area (TPSA) is 34.1 Å². The van der Waals surface area contributed by atoms with E-state index in [1.165, 1.54) is 60.8 Å². The molecule has 1 unspecified atom stereocenters. The first kappa shape index (κ1) is 23.4. The molecule has 0 saturated carbocycles. The van der Waals surface area contributed by atoms with Crippen molar-refractivity contribution in [1.82, 2.24) is 0 Å². The quantitative estimate of drug-likeness (QED) is 0.478. The third kappa shape index (κ3) is 9.76. The molecule has 0 fully saturated rings. The molecule has 0 radical (unpaired) electrons. The van der Waals surface area contributed by atoms with Gasteiger partial charge in [-0.1, -0.05) is 88.1 Å². The van der Waals surface area contributed by atoms with Gasteiger partial charge in [-0.05, 0) is 42.0 Å². The smallest absolute Gasteiger partial charge is 0.144 e. The van der Waals surface area contributed by atoms with Gasteiger partial charge in [-0.25, -0.2) is 8.42 Å². The molecule has 0 amide bonds. The molecular weight excluding hydrogens is 352 g/mol. The number of sulfone groups is 1. The number of benzene rings is 2. The van der Waals surface area contributed by atoms with Crippen LogP contribution in [0.1, 0.15) is 75.5 Å². The third-order valence-corrected chi connectivity index (χ3v) is 4.73. The summed E-state index contributed by atoms with van der Waals surface area (Å²) in [5, 5.41) is 0. The van der Waals surface area contributed by atoms with Crippen molar-refractivity contribution >= 4 is 9.84 Å². The second-order valence-corrected chi connectivity index (χ2v) is 9.87. The Labute approximate surface area is 168 Å². The van der Waals surface area contributed by atoms with Crippen LogP contribution in [-0.2, 0) is 16.3 Å². The lowest BCUT2D eigenvalue weighted by molar-refractivity contribution is 0.607. The Balaban J connectivity index is 0.00000108. The van der Waals surface area contributed by atoms with Gasteiger partial charge in [0.15, 0.2) is 0 Å². The number of unbranched alkanes of at least 4 members (excludes halogenated alkanes) is 4. The van der Waals surface area contributed by atoms with Crippen LogP contribution in [0.25, 0.3) is 0 Å². The van der Waals surface area contributed by atoms with E-state index in [4.69, 9.17) is 0 Å². The molecule has 0 saturated heterocycles. The van der Waals surface area contributed by atoms with E-state index in [0.717, 1.165) is 12.5 Å². The van der Waals surface area contributed by atoms with E-state index >= 15 is 0 Å². The van der Waals surface area contributed by atoms with Crippen molar-refractivity contribution in [3.63, 3.8) is 0 Å². The van der Waals surface area contributed by atoms with Gasteiger partial charge in [0.05, 0.1) is 0 Å². The SMILES string of the molecule is CCCCCCCc1ccccc1C(C)c1ccccc1C.CS(C)(=O)=O.[HH]. The maximum atomic E-state index is 9.63. The lowest BCUT2D eigenvalue weighted by Crippen LogP contribution is -2.03. The fraction of sp³-hybridized carbons (Fsp3) is 0.500. The van der Waals surface area contributed by atoms with E-state index < -0.39 is 9.84 Å². The molecule has 0 spiro atoms. The Kier molecular flexibility index (Phi) is 10.4. The molecule has 0 aliphatic heterocycles. The summed E-state index contributed by atoms with van der Waals surface area (Å²) in [5.41, 5.74) is 5.90. The zero-order valence-electron chi connectivity index (χ0n) is 17.7. The van der Waals surface area contributed by atoms with Crippen molar-refractivity contribution in [1.29, 1.82) is 0 Å². The van der Waals surface area contributed by atoms with Gasteiger partial charge < -0.3 is 0 Å². The first-order chi connectivity index (χ1) is 12.7. The van der Waals surface area contributed by atoms with E-state index in [1.54, 1.807) is 0 Å². The minimum Gasteiger partial charge on any atom is -0.229 e. The highest BCUT2D eigenvalue weighted by atomic mass is 32.2. The Hall–Kier alpha value is -1.61. The Morgan fingerprint density at radius 2 is 1.37 bits per heavy atom. The fourth-order valence-electron chi connectivity index (χ4n) is 3.34. The molecule has 2 rings (SSSR count). The highest BCUT2D eigenvalue weighted by Crippen LogP contribution is 2.29. The summed E-state index contributed by atoms with van der Waals surface area (Å²) in [4.78, 5) is 0. The zero-order valence-corrected chi connectivity index (χ0v) is 18.5. The van der Waals surface area contributed by atoms with E-state index in [1.807, 2.05) is 0 Å². The molecule has 1 atom stereocenters. The van der Waals surface area contributed by atoms with Gasteiger partial charge >= 0.3 is 0 Å². The van der Waals surface area contributed by atoms with Crippen LogP contribution >= 0.6 is 0 Å². The maximum Gasteiger partial charge on any atom is 0.144 e. The third-order valence-electron chi connectivity index (χ3n) is 4.73. The average Bonchev–Trinajstić information content (AvgIpc) is 2.60. The standard InChI is InChI=1S/C22H30.C2H6O2S.H2/c1-4-5-6-7-8-14-20-15-10-12-17-22(20)19(3)21-16-11-9-13-18(21)2;1-5(2,3)4;/h9-13,15-17,19H,4-8,14H2,1-3H3;1-2H3;1H. The van der Waals surface area contributed by atoms with Gasteiger partial charge in [0.25, 0.3) is 0 Å². The van der Waals surface area contributed by atoms with Crippen molar-refractivity contribution in [2.24, 2.45) is 0 Å². The van der Waals surface area contributed by atoms with Crippen molar-refractivity contribution in [2.45, 2.75) is 65.2 Å². The van der Waals surface area contributed by atoms with Crippen LogP contribution in [-0.4, -0.2) is 20.9 Å². The predicted molar refractivity (Wildman–Crippen MR) is 120 cm³/mol. The minimum absolute atomic E-state index is 0. The van der Waals surface area contributed by atoms with Gasteiger partial charge in [0, 0.05) is 19.9 Å². The fourth-order valence-corrected chi connectivity index (χ4v) is 3.34. The highest BCUT2D eigenvalue weighted by Gasteiger charge is 2.13. The molecule has 0 N–H and O–H groups in total. The number of hydrogen-bond donors (Lipinski definition) is 0. The molecule has 0 aliphatic carbocycles. The van der Waals surface area contributed by atoms with E-state index in [9.17, 15) is 8.42 Å². The molecular formula is C24H38O2S. The largest absolute Gasteiger partial charge is 0.229 e. The Bertz CT molecular complexity index is 777. The number of hydrogen-bond acceptors (Lipinski definition) is 2. The number of rotatable bonds is 8. The van der Waals surface area contributed by atoms with Crippen LogP contribution in [0.5, 0.6) is 0 Å². The van der Waals surface area contributed by atoms with Crippen LogP contribution in [0.15, 0.2) is 48.5 Å². The van der Waals surface area contributed by atoms with Crippen molar-refractivity contribution in [3.05, 3.63) is 70.8 Å². The monoisotopic (exact) mass is 390 g/mol. The van der Waals surface area contributed by atoms with E-state index in [0.29, 0.717) is 5.92 Å². The first-order valence-electron chi connectivity index (χ1n) is 10.0. The van der Waals surface area contributed by atoms with Gasteiger partial charge in [-0.3, -0.25) is 0 Å². The van der Waals surface area contributed by atoms with Crippen LogP contribution in [0, 0.1) is 6.92 Å². The summed E-state index contributed by atoms with van der Waals surface area (Å²) >= 11 is 0. The van der Waals surface area contributed by atoms with Gasteiger partial charge in [-0.15, -0.1) is 0 Å². The molecule has 0 heterocycles. The summed E-state index contributed by atoms with van der Waals surface area (Å²) in [7, 11) is -2.67. The maximum absolute atomic E-state index is 9.63. The van der Waals surface area contributed by atoms with Crippen LogP contribution in [0.4, 0.5) is 0 Å². The molecule has 0 aromatic heterocycles. The molecule has 27 heavy (non-hydrogen) atoms. The van der Waals surface area contributed by atoms with Crippen molar-refractivity contribution in [3.8, 4) is 0 Å². The lowest BCUT2D eigenvalue weighted by atomic mass is 9.86.